The highest BCUT2D eigenvalue weighted by molar-refractivity contribution is 5.84. The van der Waals surface area contributed by atoms with Crippen molar-refractivity contribution >= 4 is 17.7 Å². The molecule has 0 radical (unpaired) electrons. The number of hydrogen-bond acceptors (Lipinski definition) is 3. The van der Waals surface area contributed by atoms with Crippen LogP contribution in [0.4, 0.5) is 0 Å². The Balaban J connectivity index is 1.29. The monoisotopic (exact) mass is 383 g/mol. The smallest absolute Gasteiger partial charge is 0.225 e. The highest BCUT2D eigenvalue weighted by Gasteiger charge is 2.46. The van der Waals surface area contributed by atoms with Crippen LogP contribution in [0.15, 0.2) is 30.3 Å². The molecule has 1 aromatic rings. The Morgan fingerprint density at radius 3 is 2.43 bits per heavy atom. The average Bonchev–Trinajstić information content (AvgIpc) is 3.38. The van der Waals surface area contributed by atoms with Crippen molar-refractivity contribution < 1.29 is 14.4 Å². The molecule has 1 atom stereocenters. The Bertz CT molecular complexity index is 745. The third kappa shape index (κ3) is 4.05. The lowest BCUT2D eigenvalue weighted by atomic mass is 9.95. The Morgan fingerprint density at radius 1 is 1.04 bits per heavy atom. The van der Waals surface area contributed by atoms with Crippen LogP contribution in [0.2, 0.25) is 0 Å². The van der Waals surface area contributed by atoms with Crippen molar-refractivity contribution in [2.45, 2.75) is 50.5 Å². The third-order valence-corrected chi connectivity index (χ3v) is 6.34. The van der Waals surface area contributed by atoms with Crippen LogP contribution in [0.25, 0.3) is 0 Å². The van der Waals surface area contributed by atoms with E-state index in [0.29, 0.717) is 38.9 Å². The van der Waals surface area contributed by atoms with Gasteiger partial charge in [0.1, 0.15) is 0 Å². The number of rotatable bonds is 7. The zero-order valence-corrected chi connectivity index (χ0v) is 16.4. The van der Waals surface area contributed by atoms with Crippen molar-refractivity contribution in [3.05, 3.63) is 35.9 Å². The molecule has 6 nitrogen and oxygen atoms in total. The minimum Gasteiger partial charge on any atom is -0.346 e. The Morgan fingerprint density at radius 2 is 1.75 bits per heavy atom. The molecular formula is C22H29N3O3. The van der Waals surface area contributed by atoms with E-state index < -0.39 is 0 Å². The molecule has 0 aromatic heterocycles. The second-order valence-electron chi connectivity index (χ2n) is 8.35. The van der Waals surface area contributed by atoms with Gasteiger partial charge in [-0.3, -0.25) is 14.4 Å². The maximum Gasteiger partial charge on any atom is 0.225 e. The number of likely N-dealkylation sites (tertiary alicyclic amines) is 2. The maximum absolute atomic E-state index is 12.9. The van der Waals surface area contributed by atoms with E-state index in [1.165, 1.54) is 5.56 Å². The van der Waals surface area contributed by atoms with Gasteiger partial charge in [0.05, 0.1) is 11.5 Å². The molecular weight excluding hydrogens is 354 g/mol. The van der Waals surface area contributed by atoms with Crippen LogP contribution >= 0.6 is 0 Å². The largest absolute Gasteiger partial charge is 0.346 e. The normalized spacial score (nSPS) is 23.8. The summed E-state index contributed by atoms with van der Waals surface area (Å²) < 4.78 is 0. The van der Waals surface area contributed by atoms with Crippen molar-refractivity contribution in [3.63, 3.8) is 0 Å². The lowest BCUT2D eigenvalue weighted by molar-refractivity contribution is -0.138. The first-order chi connectivity index (χ1) is 13.6. The summed E-state index contributed by atoms with van der Waals surface area (Å²) in [6.45, 7) is 2.65. The van der Waals surface area contributed by atoms with E-state index in [4.69, 9.17) is 0 Å². The van der Waals surface area contributed by atoms with Gasteiger partial charge in [0.15, 0.2) is 0 Å². The van der Waals surface area contributed by atoms with Gasteiger partial charge in [-0.05, 0) is 37.7 Å². The summed E-state index contributed by atoms with van der Waals surface area (Å²) in [5.41, 5.74) is 0.961. The van der Waals surface area contributed by atoms with E-state index in [9.17, 15) is 14.4 Å². The molecule has 3 aliphatic rings. The van der Waals surface area contributed by atoms with Crippen LogP contribution in [-0.4, -0.2) is 53.7 Å². The van der Waals surface area contributed by atoms with Crippen LogP contribution in [0.3, 0.4) is 0 Å². The molecule has 3 amide bonds. The van der Waals surface area contributed by atoms with Crippen LogP contribution < -0.4 is 5.32 Å². The Hall–Kier alpha value is -2.37. The second kappa shape index (κ2) is 7.94. The molecule has 1 N–H and O–H groups in total. The van der Waals surface area contributed by atoms with Crippen molar-refractivity contribution in [2.24, 2.45) is 5.92 Å². The predicted molar refractivity (Wildman–Crippen MR) is 105 cm³/mol. The summed E-state index contributed by atoms with van der Waals surface area (Å²) in [5, 5.41) is 3.27. The van der Waals surface area contributed by atoms with E-state index in [0.717, 1.165) is 32.2 Å². The minimum atomic E-state index is -0.208. The molecule has 0 unspecified atom stereocenters. The van der Waals surface area contributed by atoms with Crippen LogP contribution in [0.1, 0.15) is 50.5 Å². The number of benzene rings is 1. The highest BCUT2D eigenvalue weighted by Crippen LogP contribution is 2.45. The van der Waals surface area contributed by atoms with Crippen molar-refractivity contribution in [1.82, 2.24) is 15.1 Å². The predicted octanol–water partition coefficient (Wildman–Crippen LogP) is 2.04. The quantitative estimate of drug-likeness (QED) is 0.783. The molecule has 150 valence electrons. The van der Waals surface area contributed by atoms with E-state index in [1.54, 1.807) is 0 Å². The van der Waals surface area contributed by atoms with E-state index in [-0.39, 0.29) is 29.2 Å². The number of nitrogens with one attached hydrogen (secondary N) is 1. The average molecular weight is 383 g/mol. The summed E-state index contributed by atoms with van der Waals surface area (Å²) in [6.07, 6.45) is 5.36. The minimum absolute atomic E-state index is 0.0635. The van der Waals surface area contributed by atoms with Crippen molar-refractivity contribution in [1.29, 1.82) is 0 Å². The van der Waals surface area contributed by atoms with Gasteiger partial charge in [-0.2, -0.15) is 0 Å². The van der Waals surface area contributed by atoms with Crippen LogP contribution in [0, 0.1) is 5.92 Å². The molecule has 0 bridgehead atoms. The van der Waals surface area contributed by atoms with Gasteiger partial charge >= 0.3 is 0 Å². The topological polar surface area (TPSA) is 69.7 Å². The number of hydrogen-bond donors (Lipinski definition) is 1. The molecule has 4 rings (SSSR count). The number of carbonyl (C=O) groups excluding carboxylic acids is 3. The molecule has 2 aliphatic heterocycles. The zero-order chi connectivity index (χ0) is 19.6. The SMILES string of the molecule is O=C(NC1(c2ccccc2)CC1)[C@@H]1CCC(=O)N(CCCN2CCCC2=O)C1. The molecule has 2 saturated heterocycles. The fourth-order valence-corrected chi connectivity index (χ4v) is 4.44. The highest BCUT2D eigenvalue weighted by atomic mass is 16.2. The molecule has 6 heteroatoms. The summed E-state index contributed by atoms with van der Waals surface area (Å²) in [6, 6.07) is 10.1. The number of piperidine rings is 1. The third-order valence-electron chi connectivity index (χ3n) is 6.34. The van der Waals surface area contributed by atoms with Gasteiger partial charge in [-0.15, -0.1) is 0 Å². The maximum atomic E-state index is 12.9. The summed E-state index contributed by atoms with van der Waals surface area (Å²) in [4.78, 5) is 40.6. The fourth-order valence-electron chi connectivity index (χ4n) is 4.44. The van der Waals surface area contributed by atoms with Gasteiger partial charge in [-0.25, -0.2) is 0 Å². The molecule has 1 aliphatic carbocycles. The van der Waals surface area contributed by atoms with Crippen molar-refractivity contribution in [2.75, 3.05) is 26.2 Å². The molecule has 1 aromatic carbocycles. The van der Waals surface area contributed by atoms with E-state index in [2.05, 4.69) is 17.4 Å². The first-order valence-electron chi connectivity index (χ1n) is 10.5. The van der Waals surface area contributed by atoms with Gasteiger partial charge in [-0.1, -0.05) is 30.3 Å². The molecule has 0 spiro atoms. The van der Waals surface area contributed by atoms with Gasteiger partial charge in [0.2, 0.25) is 17.7 Å². The van der Waals surface area contributed by atoms with E-state index >= 15 is 0 Å². The molecule has 3 fully saturated rings. The summed E-state index contributed by atoms with van der Waals surface area (Å²) in [5.74, 6) is 0.264. The molecule has 28 heavy (non-hydrogen) atoms. The number of nitrogens with zero attached hydrogens (tertiary/aromatic N) is 2. The number of amides is 3. The summed E-state index contributed by atoms with van der Waals surface area (Å²) >= 11 is 0. The molecule has 1 saturated carbocycles. The zero-order valence-electron chi connectivity index (χ0n) is 16.4. The van der Waals surface area contributed by atoms with E-state index in [1.807, 2.05) is 28.0 Å². The first-order valence-corrected chi connectivity index (χ1v) is 10.5. The lowest BCUT2D eigenvalue weighted by Crippen LogP contribution is -2.48. The first kappa shape index (κ1) is 19.0. The van der Waals surface area contributed by atoms with Gasteiger partial charge in [0, 0.05) is 39.0 Å². The standard InChI is InChI=1S/C22H29N3O3/c26-19-8-4-13-24(19)14-5-15-25-16-17(9-10-20(25)27)21(28)23-22(11-12-22)18-6-2-1-3-7-18/h1-3,6-7,17H,4-5,8-16H2,(H,23,28)/t17-/m1/s1. The van der Waals surface area contributed by atoms with Crippen LogP contribution in [0.5, 0.6) is 0 Å². The van der Waals surface area contributed by atoms with Crippen LogP contribution in [-0.2, 0) is 19.9 Å². The number of carbonyl (C=O) groups is 3. The Labute approximate surface area is 166 Å². The summed E-state index contributed by atoms with van der Waals surface area (Å²) in [7, 11) is 0. The fraction of sp³-hybridized carbons (Fsp3) is 0.591. The van der Waals surface area contributed by atoms with Crippen molar-refractivity contribution in [3.8, 4) is 0 Å². The van der Waals surface area contributed by atoms with Gasteiger partial charge in [0.25, 0.3) is 0 Å². The lowest BCUT2D eigenvalue weighted by Gasteiger charge is -2.33. The molecule has 2 heterocycles. The Kier molecular flexibility index (Phi) is 5.38. The second-order valence-corrected chi connectivity index (χ2v) is 8.35. The van der Waals surface area contributed by atoms with Gasteiger partial charge < -0.3 is 15.1 Å².